The predicted molar refractivity (Wildman–Crippen MR) is 73.1 cm³/mol. The maximum absolute atomic E-state index is 6.40. The van der Waals surface area contributed by atoms with Crippen LogP contribution in [0.25, 0.3) is 11.3 Å². The van der Waals surface area contributed by atoms with E-state index in [9.17, 15) is 0 Å². The molecule has 0 unspecified atom stereocenters. The van der Waals surface area contributed by atoms with Gasteiger partial charge in [0.05, 0.1) is 17.4 Å². The topological polar surface area (TPSA) is 54.7 Å². The highest BCUT2D eigenvalue weighted by molar-refractivity contribution is 5.59. The summed E-state index contributed by atoms with van der Waals surface area (Å²) in [6, 6.07) is 8.46. The highest BCUT2D eigenvalue weighted by atomic mass is 15.0. The van der Waals surface area contributed by atoms with Crippen molar-refractivity contribution in [1.29, 1.82) is 0 Å². The Balaban J connectivity index is 1.91. The summed E-state index contributed by atoms with van der Waals surface area (Å²) in [6.07, 6.45) is 6.38. The number of H-pyrrole nitrogens is 1. The first kappa shape index (κ1) is 11.5. The number of imidazole rings is 1. The molecule has 0 aliphatic heterocycles. The molecule has 0 atom stereocenters. The molecule has 0 bridgehead atoms. The average molecular weight is 241 g/mol. The van der Waals surface area contributed by atoms with Crippen LogP contribution in [0.3, 0.4) is 0 Å². The standard InChI is InChI=1S/C15H19N3/c1-11-4-6-12(7-5-11)13-10-17-14(18-13)15(16)8-2-3-9-15/h4-7,10H,2-3,8-9,16H2,1H3,(H,17,18). The predicted octanol–water partition coefficient (Wildman–Crippen LogP) is 3.11. The molecule has 0 saturated heterocycles. The number of hydrogen-bond acceptors (Lipinski definition) is 2. The van der Waals surface area contributed by atoms with Gasteiger partial charge in [0.1, 0.15) is 5.82 Å². The number of rotatable bonds is 2. The van der Waals surface area contributed by atoms with E-state index < -0.39 is 0 Å². The molecule has 0 radical (unpaired) electrons. The molecule has 0 amide bonds. The van der Waals surface area contributed by atoms with Gasteiger partial charge in [0.25, 0.3) is 0 Å². The monoisotopic (exact) mass is 241 g/mol. The number of aryl methyl sites for hydroxylation is 1. The first-order valence-electron chi connectivity index (χ1n) is 6.59. The van der Waals surface area contributed by atoms with Crippen LogP contribution in [-0.2, 0) is 5.54 Å². The number of hydrogen-bond donors (Lipinski definition) is 2. The zero-order chi connectivity index (χ0) is 12.6. The summed E-state index contributed by atoms with van der Waals surface area (Å²) in [5, 5.41) is 0. The second kappa shape index (κ2) is 4.25. The molecule has 3 nitrogen and oxygen atoms in total. The molecule has 18 heavy (non-hydrogen) atoms. The zero-order valence-corrected chi connectivity index (χ0v) is 10.7. The molecule has 2 aromatic rings. The third kappa shape index (κ3) is 1.95. The van der Waals surface area contributed by atoms with Gasteiger partial charge in [0.15, 0.2) is 0 Å². The van der Waals surface area contributed by atoms with Crippen molar-refractivity contribution in [2.45, 2.75) is 38.1 Å². The summed E-state index contributed by atoms with van der Waals surface area (Å²) in [6.45, 7) is 2.09. The number of aromatic amines is 1. The van der Waals surface area contributed by atoms with Crippen molar-refractivity contribution in [3.8, 4) is 11.3 Å². The minimum atomic E-state index is -0.233. The van der Waals surface area contributed by atoms with Crippen LogP contribution in [0.4, 0.5) is 0 Å². The molecule has 0 spiro atoms. The molecule has 1 aliphatic rings. The van der Waals surface area contributed by atoms with Crippen molar-refractivity contribution in [3.63, 3.8) is 0 Å². The van der Waals surface area contributed by atoms with Crippen LogP contribution in [0.2, 0.25) is 0 Å². The fraction of sp³-hybridized carbons (Fsp3) is 0.400. The van der Waals surface area contributed by atoms with E-state index in [4.69, 9.17) is 5.73 Å². The van der Waals surface area contributed by atoms with E-state index >= 15 is 0 Å². The van der Waals surface area contributed by atoms with Crippen LogP contribution >= 0.6 is 0 Å². The van der Waals surface area contributed by atoms with Gasteiger partial charge in [-0.3, -0.25) is 0 Å². The molecule has 3 N–H and O–H groups in total. The van der Waals surface area contributed by atoms with Gasteiger partial charge in [-0.15, -0.1) is 0 Å². The van der Waals surface area contributed by atoms with E-state index in [1.165, 1.54) is 24.0 Å². The molecule has 1 heterocycles. The lowest BCUT2D eigenvalue weighted by Gasteiger charge is -2.20. The molecule has 1 fully saturated rings. The van der Waals surface area contributed by atoms with Crippen LogP contribution in [0, 0.1) is 6.92 Å². The average Bonchev–Trinajstić information content (AvgIpc) is 2.99. The lowest BCUT2D eigenvalue weighted by Crippen LogP contribution is -2.34. The molecule has 3 rings (SSSR count). The Hall–Kier alpha value is -1.61. The Morgan fingerprint density at radius 3 is 2.50 bits per heavy atom. The Bertz CT molecular complexity index is 533. The fourth-order valence-electron chi connectivity index (χ4n) is 2.70. The van der Waals surface area contributed by atoms with Gasteiger partial charge in [0.2, 0.25) is 0 Å². The van der Waals surface area contributed by atoms with Crippen molar-refractivity contribution in [3.05, 3.63) is 41.9 Å². The van der Waals surface area contributed by atoms with E-state index in [-0.39, 0.29) is 5.54 Å². The second-order valence-electron chi connectivity index (χ2n) is 5.37. The van der Waals surface area contributed by atoms with E-state index in [0.717, 1.165) is 24.4 Å². The van der Waals surface area contributed by atoms with Crippen molar-refractivity contribution in [1.82, 2.24) is 9.97 Å². The van der Waals surface area contributed by atoms with Crippen LogP contribution in [0.5, 0.6) is 0 Å². The minimum Gasteiger partial charge on any atom is -0.340 e. The van der Waals surface area contributed by atoms with Gasteiger partial charge in [-0.25, -0.2) is 4.98 Å². The summed E-state index contributed by atoms with van der Waals surface area (Å²) in [5.41, 5.74) is 9.66. The van der Waals surface area contributed by atoms with Crippen molar-refractivity contribution in [2.75, 3.05) is 0 Å². The quantitative estimate of drug-likeness (QED) is 0.848. The van der Waals surface area contributed by atoms with E-state index in [1.54, 1.807) is 0 Å². The number of nitrogens with two attached hydrogens (primary N) is 1. The molecule has 1 aromatic carbocycles. The largest absolute Gasteiger partial charge is 0.340 e. The third-order valence-electron chi connectivity index (χ3n) is 3.91. The smallest absolute Gasteiger partial charge is 0.126 e. The molecule has 1 saturated carbocycles. The normalized spacial score (nSPS) is 18.1. The van der Waals surface area contributed by atoms with Gasteiger partial charge in [0, 0.05) is 0 Å². The Morgan fingerprint density at radius 2 is 1.83 bits per heavy atom. The minimum absolute atomic E-state index is 0.233. The Labute approximate surface area is 107 Å². The zero-order valence-electron chi connectivity index (χ0n) is 10.7. The number of aromatic nitrogens is 2. The second-order valence-corrected chi connectivity index (χ2v) is 5.37. The lowest BCUT2D eigenvalue weighted by atomic mass is 9.99. The molecule has 3 heteroatoms. The van der Waals surface area contributed by atoms with Gasteiger partial charge >= 0.3 is 0 Å². The maximum atomic E-state index is 6.40. The summed E-state index contributed by atoms with van der Waals surface area (Å²) >= 11 is 0. The highest BCUT2D eigenvalue weighted by Gasteiger charge is 2.33. The molecule has 1 aromatic heterocycles. The number of benzene rings is 1. The van der Waals surface area contributed by atoms with Gasteiger partial charge < -0.3 is 10.7 Å². The number of nitrogens with one attached hydrogen (secondary N) is 1. The van der Waals surface area contributed by atoms with Crippen LogP contribution in [-0.4, -0.2) is 9.97 Å². The first-order valence-corrected chi connectivity index (χ1v) is 6.59. The fourth-order valence-corrected chi connectivity index (χ4v) is 2.70. The van der Waals surface area contributed by atoms with Crippen LogP contribution in [0.15, 0.2) is 30.5 Å². The third-order valence-corrected chi connectivity index (χ3v) is 3.91. The summed E-state index contributed by atoms with van der Waals surface area (Å²) < 4.78 is 0. The summed E-state index contributed by atoms with van der Waals surface area (Å²) in [7, 11) is 0. The molecular formula is C15H19N3. The first-order chi connectivity index (χ1) is 8.67. The van der Waals surface area contributed by atoms with E-state index in [1.807, 2.05) is 6.20 Å². The van der Waals surface area contributed by atoms with Crippen LogP contribution in [0.1, 0.15) is 37.1 Å². The van der Waals surface area contributed by atoms with Crippen molar-refractivity contribution < 1.29 is 0 Å². The lowest BCUT2D eigenvalue weighted by molar-refractivity contribution is 0.436. The van der Waals surface area contributed by atoms with Gasteiger partial charge in [-0.2, -0.15) is 0 Å². The van der Waals surface area contributed by atoms with Crippen molar-refractivity contribution in [2.24, 2.45) is 5.73 Å². The summed E-state index contributed by atoms with van der Waals surface area (Å²) in [5.74, 6) is 0.940. The molecule has 94 valence electrons. The summed E-state index contributed by atoms with van der Waals surface area (Å²) in [4.78, 5) is 7.88. The Kier molecular flexibility index (Phi) is 2.71. The van der Waals surface area contributed by atoms with Gasteiger partial charge in [-0.1, -0.05) is 42.7 Å². The SMILES string of the molecule is Cc1ccc(-c2cnc(C3(N)CCCC3)[nH]2)cc1. The van der Waals surface area contributed by atoms with E-state index in [2.05, 4.69) is 41.2 Å². The highest BCUT2D eigenvalue weighted by Crippen LogP contribution is 2.35. The van der Waals surface area contributed by atoms with Crippen molar-refractivity contribution >= 4 is 0 Å². The maximum Gasteiger partial charge on any atom is 0.126 e. The Morgan fingerprint density at radius 1 is 1.17 bits per heavy atom. The van der Waals surface area contributed by atoms with E-state index in [0.29, 0.717) is 0 Å². The van der Waals surface area contributed by atoms with Crippen LogP contribution < -0.4 is 5.73 Å². The van der Waals surface area contributed by atoms with Gasteiger partial charge in [-0.05, 0) is 25.3 Å². The molecule has 1 aliphatic carbocycles. The number of nitrogens with zero attached hydrogens (tertiary/aromatic N) is 1. The molecular weight excluding hydrogens is 222 g/mol.